The van der Waals surface area contributed by atoms with Crippen molar-refractivity contribution in [1.29, 1.82) is 0 Å². The zero-order valence-corrected chi connectivity index (χ0v) is 23.1. The molecule has 45 heavy (non-hydrogen) atoms. The Bertz CT molecular complexity index is 1860. The van der Waals surface area contributed by atoms with Crippen molar-refractivity contribution in [3.05, 3.63) is 123 Å². The third kappa shape index (κ3) is 6.78. The van der Waals surface area contributed by atoms with Gasteiger partial charge in [-0.05, 0) is 78.9 Å². The molecule has 5 rings (SSSR count). The zero-order chi connectivity index (χ0) is 32.1. The summed E-state index contributed by atoms with van der Waals surface area (Å²) in [5.41, 5.74) is 13.3. The molecule has 5 aromatic rings. The van der Waals surface area contributed by atoms with Crippen LogP contribution in [0.2, 0.25) is 0 Å². The largest absolute Gasteiger partial charge is 0.506 e. The Hall–Kier alpha value is -6.90. The highest BCUT2D eigenvalue weighted by atomic mass is 16.6. The van der Waals surface area contributed by atoms with Gasteiger partial charge in [0.05, 0.1) is 27.3 Å². The maximum Gasteiger partial charge on any atom is 0.300 e. The highest BCUT2D eigenvalue weighted by Crippen LogP contribution is 2.42. The van der Waals surface area contributed by atoms with Gasteiger partial charge in [0.1, 0.15) is 28.6 Å². The molecule has 224 valence electrons. The van der Waals surface area contributed by atoms with E-state index < -0.39 is 21.2 Å². The molecule has 15 heteroatoms. The predicted octanol–water partition coefficient (Wildman–Crippen LogP) is 8.38. The lowest BCUT2D eigenvalue weighted by Crippen LogP contribution is -2.12. The Morgan fingerprint density at radius 3 is 1.44 bits per heavy atom. The van der Waals surface area contributed by atoms with Gasteiger partial charge in [-0.2, -0.15) is 10.2 Å². The number of nitrogens with zero attached hydrogens (tertiary/aromatic N) is 7. The van der Waals surface area contributed by atoms with Crippen LogP contribution in [0, 0.1) is 20.2 Å². The van der Waals surface area contributed by atoms with E-state index in [4.69, 9.17) is 11.5 Å². The van der Waals surface area contributed by atoms with Gasteiger partial charge in [0.15, 0.2) is 0 Å². The van der Waals surface area contributed by atoms with E-state index in [1.165, 1.54) is 36.4 Å². The first kappa shape index (κ1) is 29.6. The molecule has 0 unspecified atom stereocenters. The van der Waals surface area contributed by atoms with Gasteiger partial charge < -0.3 is 26.6 Å². The van der Waals surface area contributed by atoms with Crippen LogP contribution in [0.1, 0.15) is 0 Å². The minimum absolute atomic E-state index is 0.0629. The smallest absolute Gasteiger partial charge is 0.300 e. The Labute approximate surface area is 254 Å². The van der Waals surface area contributed by atoms with Crippen LogP contribution in [0.3, 0.4) is 0 Å². The number of phenolic OH excluding ortho intramolecular Hbond substituents is 2. The van der Waals surface area contributed by atoms with Gasteiger partial charge in [-0.15, -0.1) is 10.2 Å². The van der Waals surface area contributed by atoms with Crippen molar-refractivity contribution in [3.63, 3.8) is 0 Å². The Morgan fingerprint density at radius 2 is 1.04 bits per heavy atom. The molecule has 0 radical (unpaired) electrons. The number of aromatic hydroxyl groups is 2. The summed E-state index contributed by atoms with van der Waals surface area (Å²) in [6.07, 6.45) is 0. The van der Waals surface area contributed by atoms with Crippen molar-refractivity contribution < 1.29 is 20.1 Å². The molecule has 0 fully saturated rings. The molecule has 0 aliphatic carbocycles. The molecule has 6 N–H and O–H groups in total. The van der Waals surface area contributed by atoms with Crippen molar-refractivity contribution in [1.82, 2.24) is 0 Å². The fraction of sp³-hybridized carbons (Fsp3) is 0. The molecule has 0 heterocycles. The molecule has 0 aliphatic rings. The third-order valence-corrected chi connectivity index (χ3v) is 6.37. The first-order valence-corrected chi connectivity index (χ1v) is 13.0. The van der Waals surface area contributed by atoms with Gasteiger partial charge >= 0.3 is 0 Å². The number of phenols is 2. The standard InChI is InChI=1S/C30H23N9O6/c31-18-1-12-25(29(40)15-18)35-33-20-3-7-22(8-4-20)37(27-14-11-24(38(42)43)17-28(27)39(44)45)23-9-5-21(6-10-23)34-36-26-13-2-19(32)16-30(26)41/h1-17,40-41H,31-32H2. The quantitative estimate of drug-likeness (QED) is 0.0545. The Kier molecular flexibility index (Phi) is 8.24. The lowest BCUT2D eigenvalue weighted by atomic mass is 10.1. The van der Waals surface area contributed by atoms with Crippen LogP contribution in [0.4, 0.5) is 62.6 Å². The third-order valence-electron chi connectivity index (χ3n) is 6.37. The van der Waals surface area contributed by atoms with E-state index in [9.17, 15) is 30.4 Å². The minimum atomic E-state index is -0.710. The van der Waals surface area contributed by atoms with Crippen LogP contribution >= 0.6 is 0 Å². The average Bonchev–Trinajstić information content (AvgIpc) is 3.01. The molecule has 5 aromatic carbocycles. The molecule has 0 aliphatic heterocycles. The van der Waals surface area contributed by atoms with Crippen molar-refractivity contribution >= 4 is 62.6 Å². The van der Waals surface area contributed by atoms with Crippen LogP contribution in [0.25, 0.3) is 0 Å². The van der Waals surface area contributed by atoms with Crippen LogP contribution in [-0.2, 0) is 0 Å². The summed E-state index contributed by atoms with van der Waals surface area (Å²) in [4.78, 5) is 23.6. The number of nitro groups is 2. The molecular formula is C30H23N9O6. The molecule has 0 saturated heterocycles. The molecule has 0 spiro atoms. The molecule has 0 amide bonds. The monoisotopic (exact) mass is 605 g/mol. The summed E-state index contributed by atoms with van der Waals surface area (Å²) in [5, 5.41) is 59.8. The van der Waals surface area contributed by atoms with Gasteiger partial charge in [-0.3, -0.25) is 20.2 Å². The van der Waals surface area contributed by atoms with E-state index in [1.54, 1.807) is 65.6 Å². The summed E-state index contributed by atoms with van der Waals surface area (Å²) in [6.45, 7) is 0. The molecule has 0 aromatic heterocycles. The Balaban J connectivity index is 1.52. The van der Waals surface area contributed by atoms with Crippen LogP contribution in [0.5, 0.6) is 11.5 Å². The Morgan fingerprint density at radius 1 is 0.578 bits per heavy atom. The van der Waals surface area contributed by atoms with Crippen molar-refractivity contribution in [2.24, 2.45) is 20.5 Å². The van der Waals surface area contributed by atoms with Crippen molar-refractivity contribution in [3.8, 4) is 11.5 Å². The number of nitrogens with two attached hydrogens (primary N) is 2. The lowest BCUT2D eigenvalue weighted by molar-refractivity contribution is -0.393. The number of non-ortho nitro benzene ring substituents is 1. The van der Waals surface area contributed by atoms with Gasteiger partial charge in [-0.1, -0.05) is 0 Å². The number of azo groups is 2. The average molecular weight is 606 g/mol. The first-order valence-electron chi connectivity index (χ1n) is 13.0. The van der Waals surface area contributed by atoms with Gasteiger partial charge in [0.2, 0.25) is 0 Å². The second kappa shape index (κ2) is 12.5. The number of anilines is 5. The second-order valence-electron chi connectivity index (χ2n) is 9.45. The predicted molar refractivity (Wildman–Crippen MR) is 168 cm³/mol. The SMILES string of the molecule is Nc1ccc(N=Nc2ccc(N(c3ccc(N=Nc4ccc(N)cc4O)cc3)c3ccc([N+](=O)[O-])cc3[N+](=O)[O-])cc2)c(O)c1. The fourth-order valence-electron chi connectivity index (χ4n) is 4.20. The number of hydrogen-bond donors (Lipinski definition) is 4. The summed E-state index contributed by atoms with van der Waals surface area (Å²) in [7, 11) is 0. The summed E-state index contributed by atoms with van der Waals surface area (Å²) < 4.78 is 0. The van der Waals surface area contributed by atoms with Crippen LogP contribution < -0.4 is 16.4 Å². The minimum Gasteiger partial charge on any atom is -0.506 e. The van der Waals surface area contributed by atoms with Crippen molar-refractivity contribution in [2.45, 2.75) is 0 Å². The van der Waals surface area contributed by atoms with Crippen LogP contribution in [0.15, 0.2) is 124 Å². The normalized spacial score (nSPS) is 11.2. The zero-order valence-electron chi connectivity index (χ0n) is 23.1. The summed E-state index contributed by atoms with van der Waals surface area (Å²) >= 11 is 0. The van der Waals surface area contributed by atoms with E-state index in [2.05, 4.69) is 20.5 Å². The van der Waals surface area contributed by atoms with Crippen LogP contribution in [-0.4, -0.2) is 20.1 Å². The number of rotatable bonds is 9. The maximum atomic E-state index is 12.1. The molecule has 0 atom stereocenters. The molecule has 15 nitrogen and oxygen atoms in total. The van der Waals surface area contributed by atoms with E-state index in [1.807, 2.05) is 0 Å². The number of benzene rings is 5. The summed E-state index contributed by atoms with van der Waals surface area (Å²) in [5.74, 6) is -0.277. The van der Waals surface area contributed by atoms with E-state index in [0.29, 0.717) is 34.1 Å². The lowest BCUT2D eigenvalue weighted by Gasteiger charge is -2.25. The van der Waals surface area contributed by atoms with E-state index >= 15 is 0 Å². The number of nitro benzene ring substituents is 2. The topological polar surface area (TPSA) is 231 Å². The second-order valence-corrected chi connectivity index (χ2v) is 9.45. The maximum absolute atomic E-state index is 12.1. The van der Waals surface area contributed by atoms with E-state index in [-0.39, 0.29) is 28.6 Å². The summed E-state index contributed by atoms with van der Waals surface area (Å²) in [6, 6.07) is 25.2. The molecule has 0 saturated carbocycles. The van der Waals surface area contributed by atoms with E-state index in [0.717, 1.165) is 6.07 Å². The van der Waals surface area contributed by atoms with Gasteiger partial charge in [0, 0.05) is 40.9 Å². The highest BCUT2D eigenvalue weighted by Gasteiger charge is 2.26. The number of hydrogen-bond acceptors (Lipinski definition) is 13. The van der Waals surface area contributed by atoms with Gasteiger partial charge in [-0.25, -0.2) is 0 Å². The molecule has 0 bridgehead atoms. The molecular weight excluding hydrogens is 582 g/mol. The first-order chi connectivity index (χ1) is 21.6. The van der Waals surface area contributed by atoms with Crippen molar-refractivity contribution in [2.75, 3.05) is 16.4 Å². The highest BCUT2D eigenvalue weighted by molar-refractivity contribution is 5.83. The fourth-order valence-corrected chi connectivity index (χ4v) is 4.20. The number of nitrogen functional groups attached to an aromatic ring is 2. The van der Waals surface area contributed by atoms with Gasteiger partial charge in [0.25, 0.3) is 11.4 Å².